The van der Waals surface area contributed by atoms with Crippen LogP contribution < -0.4 is 4.90 Å². The topological polar surface area (TPSA) is 58.6 Å². The van der Waals surface area contributed by atoms with Gasteiger partial charge in [-0.2, -0.15) is 0 Å². The van der Waals surface area contributed by atoms with E-state index in [2.05, 4.69) is 27.0 Å². The number of hydrogen-bond donors (Lipinski definition) is 0. The Morgan fingerprint density at radius 2 is 1.88 bits per heavy atom. The van der Waals surface area contributed by atoms with Crippen molar-refractivity contribution in [2.45, 2.75) is 18.9 Å². The smallest absolute Gasteiger partial charge is 0.254 e. The minimum atomic E-state index is -0.213. The highest BCUT2D eigenvalue weighted by molar-refractivity contribution is 5.94. The Balaban J connectivity index is 1.44. The van der Waals surface area contributed by atoms with E-state index >= 15 is 0 Å². The molecule has 1 atom stereocenters. The first-order valence-electron chi connectivity index (χ1n) is 8.83. The standard InChI is InChI=1S/C19H22N4O2/c24-19(15-3-5-16(6-4-15)22-9-1-2-10-22)23-11-12-25-18(14-23)17-13-20-7-8-21-17/h3-8,13,18H,1-2,9-12,14H2/t18-/m0/s1. The summed E-state index contributed by atoms with van der Waals surface area (Å²) in [6.45, 7) is 3.83. The van der Waals surface area contributed by atoms with E-state index in [1.54, 1.807) is 18.6 Å². The third-order valence-electron chi connectivity index (χ3n) is 4.85. The molecule has 6 heteroatoms. The minimum Gasteiger partial charge on any atom is -0.372 e. The number of rotatable bonds is 3. The molecule has 2 saturated heterocycles. The van der Waals surface area contributed by atoms with Crippen LogP contribution in [-0.4, -0.2) is 53.6 Å². The van der Waals surface area contributed by atoms with Crippen molar-refractivity contribution in [2.24, 2.45) is 0 Å². The Bertz CT molecular complexity index is 714. The average Bonchev–Trinajstić information content (AvgIpc) is 3.23. The summed E-state index contributed by atoms with van der Waals surface area (Å²) in [6.07, 6.45) is 7.27. The molecule has 4 rings (SSSR count). The first kappa shape index (κ1) is 16.0. The Morgan fingerprint density at radius 1 is 1.08 bits per heavy atom. The van der Waals surface area contributed by atoms with Gasteiger partial charge in [0.05, 0.1) is 25.0 Å². The zero-order chi connectivity index (χ0) is 17.1. The lowest BCUT2D eigenvalue weighted by molar-refractivity contribution is -0.0249. The number of anilines is 1. The summed E-state index contributed by atoms with van der Waals surface area (Å²) in [6, 6.07) is 7.98. The third kappa shape index (κ3) is 3.49. The molecule has 0 aliphatic carbocycles. The van der Waals surface area contributed by atoms with E-state index in [0.29, 0.717) is 19.7 Å². The van der Waals surface area contributed by atoms with Crippen molar-refractivity contribution in [1.82, 2.24) is 14.9 Å². The van der Waals surface area contributed by atoms with E-state index in [4.69, 9.17) is 4.74 Å². The predicted octanol–water partition coefficient (Wildman–Crippen LogP) is 2.29. The maximum absolute atomic E-state index is 12.8. The van der Waals surface area contributed by atoms with Crippen molar-refractivity contribution in [3.63, 3.8) is 0 Å². The third-order valence-corrected chi connectivity index (χ3v) is 4.85. The fraction of sp³-hybridized carbons (Fsp3) is 0.421. The van der Waals surface area contributed by atoms with Gasteiger partial charge in [0.2, 0.25) is 0 Å². The number of nitrogens with zero attached hydrogens (tertiary/aromatic N) is 4. The molecule has 1 aromatic heterocycles. The molecule has 2 aliphatic rings. The fourth-order valence-electron chi connectivity index (χ4n) is 3.46. The number of carbonyl (C=O) groups excluding carboxylic acids is 1. The lowest BCUT2D eigenvalue weighted by Crippen LogP contribution is -2.42. The maximum atomic E-state index is 12.8. The normalized spacial score (nSPS) is 20.7. The summed E-state index contributed by atoms with van der Waals surface area (Å²) in [7, 11) is 0. The molecule has 0 spiro atoms. The largest absolute Gasteiger partial charge is 0.372 e. The van der Waals surface area contributed by atoms with Gasteiger partial charge in [0.1, 0.15) is 6.10 Å². The van der Waals surface area contributed by atoms with Crippen molar-refractivity contribution in [1.29, 1.82) is 0 Å². The van der Waals surface area contributed by atoms with E-state index in [-0.39, 0.29) is 12.0 Å². The van der Waals surface area contributed by atoms with Gasteiger partial charge in [0.15, 0.2) is 0 Å². The highest BCUT2D eigenvalue weighted by Crippen LogP contribution is 2.23. The van der Waals surface area contributed by atoms with Gasteiger partial charge in [0.25, 0.3) is 5.91 Å². The zero-order valence-corrected chi connectivity index (χ0v) is 14.2. The Kier molecular flexibility index (Phi) is 4.61. The number of ether oxygens (including phenoxy) is 1. The number of hydrogen-bond acceptors (Lipinski definition) is 5. The molecule has 0 bridgehead atoms. The van der Waals surface area contributed by atoms with Crippen LogP contribution in [0.4, 0.5) is 5.69 Å². The van der Waals surface area contributed by atoms with Crippen LogP contribution in [0.25, 0.3) is 0 Å². The molecular formula is C19H22N4O2. The fourth-order valence-corrected chi connectivity index (χ4v) is 3.46. The molecule has 6 nitrogen and oxygen atoms in total. The highest BCUT2D eigenvalue weighted by atomic mass is 16.5. The van der Waals surface area contributed by atoms with Crippen LogP contribution in [0.1, 0.15) is 35.0 Å². The van der Waals surface area contributed by atoms with Gasteiger partial charge in [-0.1, -0.05) is 0 Å². The zero-order valence-electron chi connectivity index (χ0n) is 14.2. The number of aromatic nitrogens is 2. The lowest BCUT2D eigenvalue weighted by atomic mass is 10.1. The molecule has 0 N–H and O–H groups in total. The van der Waals surface area contributed by atoms with Crippen molar-refractivity contribution in [2.75, 3.05) is 37.7 Å². The summed E-state index contributed by atoms with van der Waals surface area (Å²) in [5, 5.41) is 0. The molecule has 0 unspecified atom stereocenters. The molecule has 2 aromatic rings. The van der Waals surface area contributed by atoms with Gasteiger partial charge in [-0.05, 0) is 37.1 Å². The van der Waals surface area contributed by atoms with Crippen LogP contribution in [0.15, 0.2) is 42.9 Å². The van der Waals surface area contributed by atoms with E-state index < -0.39 is 0 Å². The SMILES string of the molecule is O=C(c1ccc(N2CCCC2)cc1)N1CCO[C@H](c2cnccn2)C1. The number of carbonyl (C=O) groups is 1. The second-order valence-corrected chi connectivity index (χ2v) is 6.48. The molecule has 3 heterocycles. The quantitative estimate of drug-likeness (QED) is 0.859. The summed E-state index contributed by atoms with van der Waals surface area (Å²) in [4.78, 5) is 25.4. The summed E-state index contributed by atoms with van der Waals surface area (Å²) < 4.78 is 5.76. The maximum Gasteiger partial charge on any atom is 0.254 e. The molecule has 2 fully saturated rings. The number of benzene rings is 1. The van der Waals surface area contributed by atoms with Crippen molar-refractivity contribution >= 4 is 11.6 Å². The number of morpholine rings is 1. The van der Waals surface area contributed by atoms with Crippen LogP contribution in [0, 0.1) is 0 Å². The van der Waals surface area contributed by atoms with Crippen LogP contribution in [-0.2, 0) is 4.74 Å². The van der Waals surface area contributed by atoms with E-state index in [1.807, 2.05) is 17.0 Å². The van der Waals surface area contributed by atoms with Gasteiger partial charge < -0.3 is 14.5 Å². The van der Waals surface area contributed by atoms with Crippen LogP contribution in [0.2, 0.25) is 0 Å². The van der Waals surface area contributed by atoms with Gasteiger partial charge in [-0.15, -0.1) is 0 Å². The minimum absolute atomic E-state index is 0.0464. The molecule has 25 heavy (non-hydrogen) atoms. The summed E-state index contributed by atoms with van der Waals surface area (Å²) >= 11 is 0. The average molecular weight is 338 g/mol. The molecule has 130 valence electrons. The van der Waals surface area contributed by atoms with Crippen molar-refractivity contribution in [3.8, 4) is 0 Å². The van der Waals surface area contributed by atoms with Gasteiger partial charge >= 0.3 is 0 Å². The Morgan fingerprint density at radius 3 is 2.60 bits per heavy atom. The van der Waals surface area contributed by atoms with Crippen LogP contribution in [0.5, 0.6) is 0 Å². The van der Waals surface area contributed by atoms with E-state index in [1.165, 1.54) is 18.5 Å². The second kappa shape index (κ2) is 7.19. The highest BCUT2D eigenvalue weighted by Gasteiger charge is 2.27. The van der Waals surface area contributed by atoms with Crippen molar-refractivity contribution in [3.05, 3.63) is 54.1 Å². The lowest BCUT2D eigenvalue weighted by Gasteiger charge is -2.32. The van der Waals surface area contributed by atoms with Gasteiger partial charge in [-0.3, -0.25) is 14.8 Å². The molecule has 1 aromatic carbocycles. The van der Waals surface area contributed by atoms with E-state index in [9.17, 15) is 4.79 Å². The predicted molar refractivity (Wildman–Crippen MR) is 94.5 cm³/mol. The first-order valence-corrected chi connectivity index (χ1v) is 8.83. The molecule has 2 aliphatic heterocycles. The van der Waals surface area contributed by atoms with Crippen molar-refractivity contribution < 1.29 is 9.53 Å². The van der Waals surface area contributed by atoms with Crippen LogP contribution in [0.3, 0.4) is 0 Å². The second-order valence-electron chi connectivity index (χ2n) is 6.48. The van der Waals surface area contributed by atoms with Gasteiger partial charge in [-0.25, -0.2) is 0 Å². The molecule has 0 radical (unpaired) electrons. The molecule has 1 amide bonds. The monoisotopic (exact) mass is 338 g/mol. The molecule has 0 saturated carbocycles. The molecular weight excluding hydrogens is 316 g/mol. The first-order chi connectivity index (χ1) is 12.3. The Labute approximate surface area is 147 Å². The van der Waals surface area contributed by atoms with E-state index in [0.717, 1.165) is 24.3 Å². The Hall–Kier alpha value is -2.47. The summed E-state index contributed by atoms with van der Waals surface area (Å²) in [5.74, 6) is 0.0464. The number of amides is 1. The van der Waals surface area contributed by atoms with Crippen LogP contribution >= 0.6 is 0 Å². The van der Waals surface area contributed by atoms with Gasteiger partial charge in [0, 0.05) is 43.3 Å². The summed E-state index contributed by atoms with van der Waals surface area (Å²) in [5.41, 5.74) is 2.69.